The second-order valence-electron chi connectivity index (χ2n) is 9.02. The Kier molecular flexibility index (Phi) is 7.39. The highest BCUT2D eigenvalue weighted by atomic mass is 16.2. The maximum absolute atomic E-state index is 12.9. The van der Waals surface area contributed by atoms with Gasteiger partial charge in [-0.15, -0.1) is 0 Å². The fourth-order valence-corrected chi connectivity index (χ4v) is 5.36. The normalized spacial score (nSPS) is 20.9. The van der Waals surface area contributed by atoms with Crippen LogP contribution in [0, 0.1) is 5.92 Å². The minimum atomic E-state index is -0.171. The van der Waals surface area contributed by atoms with Crippen molar-refractivity contribution in [1.82, 2.24) is 10.2 Å². The number of rotatable bonds is 7. The summed E-state index contributed by atoms with van der Waals surface area (Å²) in [6.45, 7) is 0.899. The lowest BCUT2D eigenvalue weighted by Crippen LogP contribution is -2.49. The maximum atomic E-state index is 12.9. The molecule has 2 aliphatic rings. The van der Waals surface area contributed by atoms with Crippen molar-refractivity contribution >= 4 is 11.8 Å². The zero-order valence-electron chi connectivity index (χ0n) is 18.3. The predicted molar refractivity (Wildman–Crippen MR) is 123 cm³/mol. The average molecular weight is 419 g/mol. The van der Waals surface area contributed by atoms with E-state index in [9.17, 15) is 9.59 Å². The Morgan fingerprint density at radius 2 is 1.45 bits per heavy atom. The number of fused-ring (bicyclic) bond motifs is 1. The van der Waals surface area contributed by atoms with Crippen LogP contribution >= 0.6 is 0 Å². The standard InChI is InChI=1S/C27H34N2O2/c30-25(28-27(22-12-3-1-4-13-22)23-14-5-2-6-15-23)18-9-19-26(31)29-20-10-16-21-11-7-8-17-24(21)29/h1-6,12-15,21,24,27H,7-11,16-20H2,(H,28,30). The number of hydrogen-bond acceptors (Lipinski definition) is 2. The van der Waals surface area contributed by atoms with Gasteiger partial charge in [0.2, 0.25) is 11.8 Å². The molecule has 2 aromatic carbocycles. The van der Waals surface area contributed by atoms with Gasteiger partial charge >= 0.3 is 0 Å². The third kappa shape index (κ3) is 5.55. The third-order valence-corrected chi connectivity index (χ3v) is 6.93. The van der Waals surface area contributed by atoms with Crippen LogP contribution in [0.15, 0.2) is 60.7 Å². The minimum Gasteiger partial charge on any atom is -0.345 e. The van der Waals surface area contributed by atoms with Gasteiger partial charge in [-0.05, 0) is 49.1 Å². The first-order valence-corrected chi connectivity index (χ1v) is 11.9. The summed E-state index contributed by atoms with van der Waals surface area (Å²) in [5.41, 5.74) is 2.13. The number of nitrogens with zero attached hydrogens (tertiary/aromatic N) is 1. The van der Waals surface area contributed by atoms with Gasteiger partial charge in [-0.3, -0.25) is 9.59 Å². The van der Waals surface area contributed by atoms with E-state index in [0.29, 0.717) is 31.2 Å². The molecule has 2 aromatic rings. The SMILES string of the molecule is O=C(CCCC(=O)N1CCCC2CCCCC21)NC(c1ccccc1)c1ccccc1. The molecule has 2 atom stereocenters. The first kappa shape index (κ1) is 21.6. The number of piperidine rings is 1. The molecule has 31 heavy (non-hydrogen) atoms. The first-order valence-electron chi connectivity index (χ1n) is 11.9. The van der Waals surface area contributed by atoms with E-state index in [1.54, 1.807) is 0 Å². The molecule has 1 N–H and O–H groups in total. The van der Waals surface area contributed by atoms with Crippen LogP contribution in [-0.2, 0) is 9.59 Å². The molecule has 4 heteroatoms. The molecule has 0 aromatic heterocycles. The van der Waals surface area contributed by atoms with Crippen molar-refractivity contribution in [3.05, 3.63) is 71.8 Å². The quantitative estimate of drug-likeness (QED) is 0.668. The van der Waals surface area contributed by atoms with Crippen molar-refractivity contribution in [1.29, 1.82) is 0 Å². The highest BCUT2D eigenvalue weighted by Gasteiger charge is 2.35. The van der Waals surface area contributed by atoms with Gasteiger partial charge < -0.3 is 10.2 Å². The van der Waals surface area contributed by atoms with Crippen molar-refractivity contribution in [2.75, 3.05) is 6.54 Å². The van der Waals surface area contributed by atoms with E-state index < -0.39 is 0 Å². The molecule has 2 unspecified atom stereocenters. The van der Waals surface area contributed by atoms with Crippen LogP contribution in [0.5, 0.6) is 0 Å². The van der Waals surface area contributed by atoms with Gasteiger partial charge in [-0.25, -0.2) is 0 Å². The van der Waals surface area contributed by atoms with E-state index in [0.717, 1.165) is 30.5 Å². The zero-order valence-corrected chi connectivity index (χ0v) is 18.3. The molecule has 1 saturated carbocycles. The molecule has 164 valence electrons. The van der Waals surface area contributed by atoms with Crippen molar-refractivity contribution in [2.24, 2.45) is 5.92 Å². The van der Waals surface area contributed by atoms with Crippen molar-refractivity contribution in [3.8, 4) is 0 Å². The average Bonchev–Trinajstić information content (AvgIpc) is 2.83. The van der Waals surface area contributed by atoms with Gasteiger partial charge in [0.05, 0.1) is 6.04 Å². The summed E-state index contributed by atoms with van der Waals surface area (Å²) in [5.74, 6) is 0.944. The van der Waals surface area contributed by atoms with E-state index >= 15 is 0 Å². The van der Waals surface area contributed by atoms with Crippen LogP contribution in [-0.4, -0.2) is 29.3 Å². The van der Waals surface area contributed by atoms with Crippen molar-refractivity contribution < 1.29 is 9.59 Å². The van der Waals surface area contributed by atoms with Gasteiger partial charge in [-0.1, -0.05) is 73.5 Å². The van der Waals surface area contributed by atoms with E-state index in [1.807, 2.05) is 60.7 Å². The summed E-state index contributed by atoms with van der Waals surface area (Å²) in [4.78, 5) is 27.8. The van der Waals surface area contributed by atoms with Gasteiger partial charge in [0, 0.05) is 25.4 Å². The number of likely N-dealkylation sites (tertiary alicyclic amines) is 1. The number of hydrogen-bond donors (Lipinski definition) is 1. The van der Waals surface area contributed by atoms with Crippen molar-refractivity contribution in [2.45, 2.75) is 69.9 Å². The molecule has 0 spiro atoms. The topological polar surface area (TPSA) is 49.4 Å². The molecule has 2 amide bonds. The summed E-state index contributed by atoms with van der Waals surface area (Å²) >= 11 is 0. The number of benzene rings is 2. The molecule has 1 heterocycles. The first-order chi connectivity index (χ1) is 15.2. The van der Waals surface area contributed by atoms with Gasteiger partial charge in [-0.2, -0.15) is 0 Å². The summed E-state index contributed by atoms with van der Waals surface area (Å²) in [7, 11) is 0. The Morgan fingerprint density at radius 1 is 0.839 bits per heavy atom. The molecule has 4 rings (SSSR count). The van der Waals surface area contributed by atoms with E-state index in [-0.39, 0.29) is 17.9 Å². The van der Waals surface area contributed by atoms with Gasteiger partial charge in [0.15, 0.2) is 0 Å². The molecule has 1 saturated heterocycles. The molecule has 1 aliphatic carbocycles. The zero-order chi connectivity index (χ0) is 21.5. The van der Waals surface area contributed by atoms with Crippen LogP contribution in [0.2, 0.25) is 0 Å². The van der Waals surface area contributed by atoms with Gasteiger partial charge in [0.1, 0.15) is 0 Å². The molecule has 0 radical (unpaired) electrons. The number of carbonyl (C=O) groups is 2. The maximum Gasteiger partial charge on any atom is 0.222 e. The van der Waals surface area contributed by atoms with Crippen LogP contribution in [0.25, 0.3) is 0 Å². The number of amides is 2. The van der Waals surface area contributed by atoms with Gasteiger partial charge in [0.25, 0.3) is 0 Å². The Bertz CT molecular complexity index is 811. The number of carbonyl (C=O) groups excluding carboxylic acids is 2. The summed E-state index contributed by atoms with van der Waals surface area (Å²) in [6.07, 6.45) is 8.85. The molecule has 0 bridgehead atoms. The third-order valence-electron chi connectivity index (χ3n) is 6.93. The van der Waals surface area contributed by atoms with Crippen molar-refractivity contribution in [3.63, 3.8) is 0 Å². The van der Waals surface area contributed by atoms with Crippen LogP contribution in [0.1, 0.15) is 75.0 Å². The van der Waals surface area contributed by atoms with Crippen LogP contribution in [0.3, 0.4) is 0 Å². The smallest absolute Gasteiger partial charge is 0.222 e. The van der Waals surface area contributed by atoms with E-state index in [2.05, 4.69) is 10.2 Å². The second kappa shape index (κ2) is 10.6. The molecule has 4 nitrogen and oxygen atoms in total. The molecule has 1 aliphatic heterocycles. The summed E-state index contributed by atoms with van der Waals surface area (Å²) < 4.78 is 0. The Labute approximate surface area is 186 Å². The van der Waals surface area contributed by atoms with E-state index in [4.69, 9.17) is 0 Å². The fourth-order valence-electron chi connectivity index (χ4n) is 5.36. The second-order valence-corrected chi connectivity index (χ2v) is 9.02. The summed E-state index contributed by atoms with van der Waals surface area (Å²) in [6, 6.07) is 20.4. The molecular formula is C27H34N2O2. The highest BCUT2D eigenvalue weighted by molar-refractivity contribution is 5.79. The lowest BCUT2D eigenvalue weighted by molar-refractivity contribution is -0.137. The molecular weight excluding hydrogens is 384 g/mol. The lowest BCUT2D eigenvalue weighted by Gasteiger charge is -2.44. The Morgan fingerprint density at radius 3 is 2.13 bits per heavy atom. The number of nitrogens with one attached hydrogen (secondary N) is 1. The predicted octanol–water partition coefficient (Wildman–Crippen LogP) is 5.24. The van der Waals surface area contributed by atoms with Crippen LogP contribution < -0.4 is 5.32 Å². The highest BCUT2D eigenvalue weighted by Crippen LogP contribution is 2.35. The van der Waals surface area contributed by atoms with E-state index in [1.165, 1.54) is 25.7 Å². The Balaban J connectivity index is 1.31. The Hall–Kier alpha value is -2.62. The lowest BCUT2D eigenvalue weighted by atomic mass is 9.78. The monoisotopic (exact) mass is 418 g/mol. The largest absolute Gasteiger partial charge is 0.345 e. The minimum absolute atomic E-state index is 0.000284. The van der Waals surface area contributed by atoms with Crippen LogP contribution in [0.4, 0.5) is 0 Å². The summed E-state index contributed by atoms with van der Waals surface area (Å²) in [5, 5.41) is 3.18. The molecule has 2 fully saturated rings. The fraction of sp³-hybridized carbons (Fsp3) is 0.481.